The van der Waals surface area contributed by atoms with E-state index in [1.165, 1.54) is 19.0 Å². The fourth-order valence-corrected chi connectivity index (χ4v) is 4.83. The van der Waals surface area contributed by atoms with Crippen molar-refractivity contribution >= 4 is 46.7 Å². The Morgan fingerprint density at radius 1 is 1.11 bits per heavy atom. The molecule has 0 aliphatic carbocycles. The van der Waals surface area contributed by atoms with Crippen molar-refractivity contribution in [3.63, 3.8) is 0 Å². The molecule has 1 unspecified atom stereocenters. The van der Waals surface area contributed by atoms with Gasteiger partial charge in [-0.05, 0) is 66.8 Å². The number of carbonyl (C=O) groups is 2. The smallest absolute Gasteiger partial charge is 0.330 e. The topological polar surface area (TPSA) is 56.2 Å². The Hall–Kier alpha value is -2.72. The minimum Gasteiger partial charge on any atom is -0.330 e. The van der Waals surface area contributed by atoms with E-state index in [2.05, 4.69) is 6.92 Å². The van der Waals surface area contributed by atoms with Crippen molar-refractivity contribution in [2.75, 3.05) is 44.1 Å². The zero-order chi connectivity index (χ0) is 27.4. The number of urea groups is 1. The lowest BCUT2D eigenvalue weighted by molar-refractivity contribution is -0.137. The summed E-state index contributed by atoms with van der Waals surface area (Å²) in [5, 5.41) is 7.00. The van der Waals surface area contributed by atoms with Crippen LogP contribution < -0.4 is 4.90 Å². The molecule has 0 spiro atoms. The standard InChI is InChI=1S/C26H30ClF3N4O2S/c1-25(14-5-15-37-4)17-33(31-23(25)18-6-10-20(27)11-7-18)16-22(35)34(24(36)32(2)3)21-12-8-19(9-13-21)26(28,29)30/h6-13H,5,14-17H2,1-4H3. The molecule has 1 atom stereocenters. The number of hydrazone groups is 1. The first-order valence-corrected chi connectivity index (χ1v) is 13.4. The molecule has 200 valence electrons. The van der Waals surface area contributed by atoms with Gasteiger partial charge in [-0.25, -0.2) is 9.69 Å². The lowest BCUT2D eigenvalue weighted by Gasteiger charge is -2.28. The van der Waals surface area contributed by atoms with Gasteiger partial charge in [-0.15, -0.1) is 0 Å². The predicted octanol–water partition coefficient (Wildman–Crippen LogP) is 6.24. The van der Waals surface area contributed by atoms with Crippen molar-refractivity contribution in [1.82, 2.24) is 9.91 Å². The molecule has 3 rings (SSSR count). The summed E-state index contributed by atoms with van der Waals surface area (Å²) in [5.41, 5.74) is 0.585. The van der Waals surface area contributed by atoms with Crippen molar-refractivity contribution in [2.45, 2.75) is 25.9 Å². The van der Waals surface area contributed by atoms with Crippen LogP contribution in [-0.2, 0) is 11.0 Å². The van der Waals surface area contributed by atoms with Gasteiger partial charge in [0, 0.05) is 31.1 Å². The van der Waals surface area contributed by atoms with Crippen molar-refractivity contribution < 1.29 is 22.8 Å². The molecule has 0 fully saturated rings. The summed E-state index contributed by atoms with van der Waals surface area (Å²) >= 11 is 7.83. The molecule has 3 amide bonds. The minimum absolute atomic E-state index is 0.0560. The Bertz CT molecular complexity index is 1140. The molecule has 0 saturated carbocycles. The Balaban J connectivity index is 1.89. The number of halogens is 4. The number of rotatable bonds is 8. The van der Waals surface area contributed by atoms with Gasteiger partial charge in [0.05, 0.1) is 17.0 Å². The molecule has 0 aromatic heterocycles. The molecule has 11 heteroatoms. The largest absolute Gasteiger partial charge is 0.416 e. The summed E-state index contributed by atoms with van der Waals surface area (Å²) in [7, 11) is 2.95. The van der Waals surface area contributed by atoms with Gasteiger partial charge < -0.3 is 4.90 Å². The number of imide groups is 1. The highest BCUT2D eigenvalue weighted by atomic mass is 35.5. The van der Waals surface area contributed by atoms with Crippen LogP contribution in [0.3, 0.4) is 0 Å². The van der Waals surface area contributed by atoms with Gasteiger partial charge in [0.1, 0.15) is 6.54 Å². The first-order valence-electron chi connectivity index (χ1n) is 11.7. The van der Waals surface area contributed by atoms with Gasteiger partial charge in [0.25, 0.3) is 5.91 Å². The van der Waals surface area contributed by atoms with E-state index in [9.17, 15) is 22.8 Å². The fourth-order valence-electron chi connectivity index (χ4n) is 4.27. The Morgan fingerprint density at radius 3 is 2.27 bits per heavy atom. The second-order valence-corrected chi connectivity index (χ2v) is 10.8. The third-order valence-electron chi connectivity index (χ3n) is 6.13. The average molecular weight is 555 g/mol. The molecule has 1 aliphatic heterocycles. The maximum atomic E-state index is 13.4. The minimum atomic E-state index is -4.53. The lowest BCUT2D eigenvalue weighted by Crippen LogP contribution is -2.47. The zero-order valence-corrected chi connectivity index (χ0v) is 22.8. The summed E-state index contributed by atoms with van der Waals surface area (Å²) in [6.45, 7) is 2.35. The summed E-state index contributed by atoms with van der Waals surface area (Å²) in [6.07, 6.45) is -0.669. The zero-order valence-electron chi connectivity index (χ0n) is 21.2. The van der Waals surface area contributed by atoms with E-state index in [4.69, 9.17) is 16.7 Å². The Labute approximate surface area is 224 Å². The van der Waals surface area contributed by atoms with Gasteiger partial charge in [0.2, 0.25) is 0 Å². The van der Waals surface area contributed by atoms with Gasteiger partial charge in [-0.3, -0.25) is 9.80 Å². The number of hydrogen-bond donors (Lipinski definition) is 0. The Kier molecular flexibility index (Phi) is 9.18. The highest BCUT2D eigenvalue weighted by Gasteiger charge is 2.40. The summed E-state index contributed by atoms with van der Waals surface area (Å²) in [5.74, 6) is 0.396. The predicted molar refractivity (Wildman–Crippen MR) is 143 cm³/mol. The summed E-state index contributed by atoms with van der Waals surface area (Å²) in [6, 6.07) is 10.7. The van der Waals surface area contributed by atoms with Gasteiger partial charge >= 0.3 is 12.2 Å². The molecule has 0 saturated heterocycles. The molecular formula is C26H30ClF3N4O2S. The van der Waals surface area contributed by atoms with E-state index >= 15 is 0 Å². The van der Waals surface area contributed by atoms with Crippen LogP contribution in [0, 0.1) is 5.41 Å². The number of nitrogens with zero attached hydrogens (tertiary/aromatic N) is 4. The van der Waals surface area contributed by atoms with Crippen LogP contribution in [0.25, 0.3) is 0 Å². The van der Waals surface area contributed by atoms with Crippen LogP contribution in [0.4, 0.5) is 23.7 Å². The van der Waals surface area contributed by atoms with Gasteiger partial charge in [0.15, 0.2) is 0 Å². The first kappa shape index (κ1) is 28.8. The van der Waals surface area contributed by atoms with E-state index in [1.807, 2.05) is 18.4 Å². The van der Waals surface area contributed by atoms with Crippen molar-refractivity contribution in [3.8, 4) is 0 Å². The average Bonchev–Trinajstić information content (AvgIpc) is 3.15. The molecule has 0 bridgehead atoms. The number of hydrogen-bond acceptors (Lipinski definition) is 5. The molecule has 1 heterocycles. The number of carbonyl (C=O) groups excluding carboxylic acids is 2. The van der Waals surface area contributed by atoms with E-state index < -0.39 is 23.7 Å². The van der Waals surface area contributed by atoms with Crippen LogP contribution in [0.5, 0.6) is 0 Å². The summed E-state index contributed by atoms with van der Waals surface area (Å²) < 4.78 is 39.1. The van der Waals surface area contributed by atoms with E-state index in [0.29, 0.717) is 11.6 Å². The number of anilines is 1. The molecule has 6 nitrogen and oxygen atoms in total. The number of amides is 3. The molecule has 0 radical (unpaired) electrons. The van der Waals surface area contributed by atoms with Crippen LogP contribution in [0.2, 0.25) is 5.02 Å². The molecule has 2 aromatic carbocycles. The highest BCUT2D eigenvalue weighted by Crippen LogP contribution is 2.36. The highest BCUT2D eigenvalue weighted by molar-refractivity contribution is 7.98. The second-order valence-electron chi connectivity index (χ2n) is 9.39. The van der Waals surface area contributed by atoms with Crippen LogP contribution in [-0.4, -0.2) is 66.8 Å². The maximum Gasteiger partial charge on any atom is 0.416 e. The fraction of sp³-hybridized carbons (Fsp3) is 0.423. The molecular weight excluding hydrogens is 525 g/mol. The van der Waals surface area contributed by atoms with E-state index in [-0.39, 0.29) is 17.6 Å². The van der Waals surface area contributed by atoms with E-state index in [0.717, 1.165) is 59.0 Å². The van der Waals surface area contributed by atoms with Gasteiger partial charge in [-0.2, -0.15) is 30.0 Å². The van der Waals surface area contributed by atoms with E-state index in [1.54, 1.807) is 28.9 Å². The first-order chi connectivity index (χ1) is 17.4. The molecule has 0 N–H and O–H groups in total. The lowest BCUT2D eigenvalue weighted by atomic mass is 9.78. The molecule has 37 heavy (non-hydrogen) atoms. The third-order valence-corrected chi connectivity index (χ3v) is 7.08. The van der Waals surface area contributed by atoms with Crippen LogP contribution in [0.15, 0.2) is 53.6 Å². The molecule has 2 aromatic rings. The van der Waals surface area contributed by atoms with Crippen molar-refractivity contribution in [2.24, 2.45) is 10.5 Å². The quantitative estimate of drug-likeness (QED) is 0.362. The SMILES string of the molecule is CSCCCC1(C)CN(CC(=O)N(C(=O)N(C)C)c2ccc(C(F)(F)F)cc2)N=C1c1ccc(Cl)cc1. The number of thioether (sulfide) groups is 1. The normalized spacial score (nSPS) is 17.5. The van der Waals surface area contributed by atoms with Crippen molar-refractivity contribution in [1.29, 1.82) is 0 Å². The Morgan fingerprint density at radius 2 is 1.73 bits per heavy atom. The maximum absolute atomic E-state index is 13.4. The third kappa shape index (κ3) is 6.98. The monoisotopic (exact) mass is 554 g/mol. The van der Waals surface area contributed by atoms with Crippen molar-refractivity contribution in [3.05, 3.63) is 64.7 Å². The number of alkyl halides is 3. The van der Waals surface area contributed by atoms with Gasteiger partial charge in [-0.1, -0.05) is 30.7 Å². The van der Waals surface area contributed by atoms with Crippen LogP contribution >= 0.6 is 23.4 Å². The second kappa shape index (κ2) is 11.8. The molecule has 1 aliphatic rings. The summed E-state index contributed by atoms with van der Waals surface area (Å²) in [4.78, 5) is 28.4. The van der Waals surface area contributed by atoms with Crippen LogP contribution in [0.1, 0.15) is 30.9 Å². The number of benzene rings is 2.